The molecule has 29 heavy (non-hydrogen) atoms. The van der Waals surface area contributed by atoms with Crippen molar-refractivity contribution in [3.8, 4) is 0 Å². The maximum atomic E-state index is 13.1. The Morgan fingerprint density at radius 3 is 2.79 bits per heavy atom. The molecule has 2 heterocycles. The van der Waals surface area contributed by atoms with E-state index in [0.29, 0.717) is 38.6 Å². The molecular weight excluding hydrogens is 429 g/mol. The van der Waals surface area contributed by atoms with Gasteiger partial charge in [0.2, 0.25) is 0 Å². The Morgan fingerprint density at radius 1 is 1.21 bits per heavy atom. The number of thioether (sulfide) groups is 1. The van der Waals surface area contributed by atoms with Crippen molar-refractivity contribution in [2.45, 2.75) is 50.1 Å². The first-order chi connectivity index (χ1) is 14.0. The van der Waals surface area contributed by atoms with E-state index in [1.165, 1.54) is 11.8 Å². The van der Waals surface area contributed by atoms with Crippen LogP contribution in [-0.2, 0) is 4.79 Å². The van der Waals surface area contributed by atoms with Gasteiger partial charge in [0.05, 0.1) is 15.6 Å². The van der Waals surface area contributed by atoms with Crippen molar-refractivity contribution < 1.29 is 4.79 Å². The van der Waals surface area contributed by atoms with Gasteiger partial charge in [0.15, 0.2) is 10.9 Å². The molecule has 0 amide bonds. The lowest BCUT2D eigenvalue weighted by atomic mass is 9.76. The van der Waals surface area contributed by atoms with E-state index in [9.17, 15) is 9.59 Å². The number of anilines is 1. The van der Waals surface area contributed by atoms with Gasteiger partial charge in [0.25, 0.3) is 5.56 Å². The summed E-state index contributed by atoms with van der Waals surface area (Å²) >= 11 is 13.9. The monoisotopic (exact) mass is 449 g/mol. The number of carbonyl (C=O) groups excluding carboxylic acids is 1. The first-order valence-electron chi connectivity index (χ1n) is 9.74. The molecule has 152 valence electrons. The van der Waals surface area contributed by atoms with Crippen LogP contribution >= 0.6 is 35.0 Å². The summed E-state index contributed by atoms with van der Waals surface area (Å²) in [6, 6.07) is 5.26. The molecular formula is C21H21Cl2N3O2S. The molecule has 0 bridgehead atoms. The normalized spacial score (nSPS) is 18.3. The number of nitrogens with zero attached hydrogens (tertiary/aromatic N) is 1. The maximum absolute atomic E-state index is 13.1. The highest BCUT2D eigenvalue weighted by molar-refractivity contribution is 7.99. The molecule has 0 radical (unpaired) electrons. The molecule has 2 aromatic rings. The van der Waals surface area contributed by atoms with Crippen LogP contribution in [0.3, 0.4) is 0 Å². The lowest BCUT2D eigenvalue weighted by Gasteiger charge is -2.32. The minimum absolute atomic E-state index is 0.0567. The predicted molar refractivity (Wildman–Crippen MR) is 118 cm³/mol. The van der Waals surface area contributed by atoms with Crippen LogP contribution in [0.15, 0.2) is 39.4 Å². The highest BCUT2D eigenvalue weighted by Crippen LogP contribution is 2.44. The minimum Gasteiger partial charge on any atom is -0.343 e. The number of allylic oxidation sites excluding steroid dienone is 2. The number of hydrogen-bond acceptors (Lipinski definition) is 5. The van der Waals surface area contributed by atoms with Crippen LogP contribution in [-0.4, -0.2) is 21.5 Å². The van der Waals surface area contributed by atoms with Gasteiger partial charge < -0.3 is 10.3 Å². The molecule has 8 heteroatoms. The Balaban J connectivity index is 1.86. The number of ketones is 1. The summed E-state index contributed by atoms with van der Waals surface area (Å²) in [6.07, 6.45) is 4.15. The highest BCUT2D eigenvalue weighted by Gasteiger charge is 2.38. The van der Waals surface area contributed by atoms with Gasteiger partial charge >= 0.3 is 0 Å². The van der Waals surface area contributed by atoms with Gasteiger partial charge in [-0.1, -0.05) is 54.4 Å². The van der Waals surface area contributed by atoms with Gasteiger partial charge in [-0.3, -0.25) is 9.59 Å². The van der Waals surface area contributed by atoms with Gasteiger partial charge in [-0.05, 0) is 37.0 Å². The van der Waals surface area contributed by atoms with Gasteiger partial charge in [-0.2, -0.15) is 0 Å². The number of nitrogens with one attached hydrogen (secondary N) is 2. The molecule has 0 fully saturated rings. The third kappa shape index (κ3) is 3.98. The zero-order valence-corrected chi connectivity index (χ0v) is 18.3. The van der Waals surface area contributed by atoms with E-state index in [1.807, 2.05) is 6.07 Å². The smallest absolute Gasteiger partial charge is 0.257 e. The van der Waals surface area contributed by atoms with Gasteiger partial charge in [-0.25, -0.2) is 4.98 Å². The number of fused-ring (bicyclic) bond motifs is 1. The molecule has 1 aliphatic heterocycles. The number of rotatable bonds is 5. The summed E-state index contributed by atoms with van der Waals surface area (Å²) in [7, 11) is 0. The predicted octanol–water partition coefficient (Wildman–Crippen LogP) is 5.53. The van der Waals surface area contributed by atoms with Gasteiger partial charge in [0.1, 0.15) is 5.82 Å². The summed E-state index contributed by atoms with van der Waals surface area (Å²) in [6.45, 7) is 2.13. The second-order valence-corrected chi connectivity index (χ2v) is 9.13. The van der Waals surface area contributed by atoms with E-state index in [1.54, 1.807) is 12.1 Å². The van der Waals surface area contributed by atoms with E-state index in [0.717, 1.165) is 42.7 Å². The summed E-state index contributed by atoms with van der Waals surface area (Å²) in [4.78, 5) is 33.5. The zero-order chi connectivity index (χ0) is 20.5. The molecule has 2 aliphatic rings. The van der Waals surface area contributed by atoms with Crippen molar-refractivity contribution in [1.29, 1.82) is 0 Å². The Hall–Kier alpha value is -1.76. The third-order valence-corrected chi connectivity index (χ3v) is 6.95. The summed E-state index contributed by atoms with van der Waals surface area (Å²) in [5.74, 6) is 0.967. The molecule has 1 unspecified atom stereocenters. The molecule has 1 aliphatic carbocycles. The first-order valence-corrected chi connectivity index (χ1v) is 11.5. The van der Waals surface area contributed by atoms with Crippen molar-refractivity contribution in [3.05, 3.63) is 61.0 Å². The number of unbranched alkanes of at least 4 members (excludes halogenated alkanes) is 1. The molecule has 2 N–H and O–H groups in total. The molecule has 1 aromatic heterocycles. The van der Waals surface area contributed by atoms with Crippen molar-refractivity contribution >= 4 is 46.6 Å². The van der Waals surface area contributed by atoms with E-state index in [4.69, 9.17) is 23.2 Å². The summed E-state index contributed by atoms with van der Waals surface area (Å²) < 4.78 is 0. The van der Waals surface area contributed by atoms with Crippen LogP contribution in [0, 0.1) is 0 Å². The topological polar surface area (TPSA) is 74.8 Å². The van der Waals surface area contributed by atoms with Crippen molar-refractivity contribution in [1.82, 2.24) is 9.97 Å². The average molecular weight is 450 g/mol. The van der Waals surface area contributed by atoms with E-state index in [-0.39, 0.29) is 11.3 Å². The minimum atomic E-state index is -0.505. The van der Waals surface area contributed by atoms with Crippen LogP contribution in [0.1, 0.15) is 56.1 Å². The number of aromatic amines is 1. The van der Waals surface area contributed by atoms with Crippen molar-refractivity contribution in [2.24, 2.45) is 0 Å². The Morgan fingerprint density at radius 2 is 2.03 bits per heavy atom. The Kier molecular flexibility index (Phi) is 6.04. The molecule has 1 atom stereocenters. The van der Waals surface area contributed by atoms with E-state index < -0.39 is 5.92 Å². The van der Waals surface area contributed by atoms with Crippen LogP contribution in [0.25, 0.3) is 0 Å². The molecule has 1 aromatic carbocycles. The lowest BCUT2D eigenvalue weighted by molar-refractivity contribution is -0.116. The third-order valence-electron chi connectivity index (χ3n) is 5.25. The highest BCUT2D eigenvalue weighted by atomic mass is 35.5. The largest absolute Gasteiger partial charge is 0.343 e. The number of hydrogen-bond donors (Lipinski definition) is 2. The number of aromatic nitrogens is 2. The molecule has 5 nitrogen and oxygen atoms in total. The second-order valence-electron chi connectivity index (χ2n) is 7.24. The van der Waals surface area contributed by atoms with Crippen molar-refractivity contribution in [2.75, 3.05) is 11.1 Å². The van der Waals surface area contributed by atoms with Gasteiger partial charge in [0, 0.05) is 29.4 Å². The van der Waals surface area contributed by atoms with Crippen LogP contribution in [0.2, 0.25) is 10.0 Å². The number of halogens is 2. The lowest BCUT2D eigenvalue weighted by Crippen LogP contribution is -2.32. The Bertz CT molecular complexity index is 1060. The van der Waals surface area contributed by atoms with Crippen molar-refractivity contribution in [3.63, 3.8) is 0 Å². The van der Waals surface area contributed by atoms with Crippen LogP contribution in [0.5, 0.6) is 0 Å². The number of Topliss-reactive ketones (excluding diaryl/α,β-unsaturated/α-hetero) is 1. The molecule has 0 saturated heterocycles. The van der Waals surface area contributed by atoms with Crippen LogP contribution in [0.4, 0.5) is 5.82 Å². The number of carbonyl (C=O) groups is 1. The summed E-state index contributed by atoms with van der Waals surface area (Å²) in [5, 5.41) is 4.70. The fourth-order valence-electron chi connectivity index (χ4n) is 3.85. The number of benzene rings is 1. The first kappa shape index (κ1) is 20.5. The van der Waals surface area contributed by atoms with E-state index >= 15 is 0 Å². The van der Waals surface area contributed by atoms with Gasteiger partial charge in [-0.15, -0.1) is 0 Å². The SMILES string of the molecule is CCCCSc1nc2c(c(=O)[nH]1)C(c1ccc(Cl)c(Cl)c1)C1=C(CCCC1=O)N2. The van der Waals surface area contributed by atoms with E-state index in [2.05, 4.69) is 22.2 Å². The average Bonchev–Trinajstić information content (AvgIpc) is 2.69. The standard InChI is InChI=1S/C21H21Cl2N3O2S/c1-2-3-9-29-21-25-19-18(20(28)26-21)16(11-7-8-12(22)13(23)10-11)17-14(24-19)5-4-6-15(17)27/h7-8,10,16H,2-6,9H2,1H3,(H2,24,25,26,28). The fraction of sp³-hybridized carbons (Fsp3) is 0.381. The fourth-order valence-corrected chi connectivity index (χ4v) is 5.10. The Labute approximate surface area is 183 Å². The molecule has 4 rings (SSSR count). The second kappa shape index (κ2) is 8.54. The summed E-state index contributed by atoms with van der Waals surface area (Å²) in [5.41, 5.74) is 2.48. The zero-order valence-electron chi connectivity index (χ0n) is 16.0. The van der Waals surface area contributed by atoms with Crippen LogP contribution < -0.4 is 10.9 Å². The maximum Gasteiger partial charge on any atom is 0.257 e. The molecule has 0 saturated carbocycles. The quantitative estimate of drug-likeness (QED) is 0.356. The molecule has 0 spiro atoms. The number of H-pyrrole nitrogens is 1.